The second-order valence-electron chi connectivity index (χ2n) is 5.34. The maximum absolute atomic E-state index is 11.7. The molecule has 0 radical (unpaired) electrons. The van der Waals surface area contributed by atoms with Crippen LogP contribution in [0.4, 0.5) is 0 Å². The highest BCUT2D eigenvalue weighted by atomic mass is 31.3. The molecule has 5 atom stereocenters. The average molecular weight is 468 g/mol. The third-order valence-electron chi connectivity index (χ3n) is 3.18. The number of H-pyrrole nitrogens is 1. The number of ether oxygens (including phenoxy) is 1. The van der Waals surface area contributed by atoms with E-state index in [2.05, 4.69) is 13.1 Å². The summed E-state index contributed by atoms with van der Waals surface area (Å²) in [4.78, 5) is 60.0. The molecule has 1 aliphatic rings. The Balaban J connectivity index is 1.99. The number of nitrogens with zero attached hydrogens (tertiary/aromatic N) is 1. The summed E-state index contributed by atoms with van der Waals surface area (Å²) in [6.07, 6.45) is -2.74. The van der Waals surface area contributed by atoms with E-state index in [0.29, 0.717) is 0 Å². The molecule has 2 heterocycles. The Bertz CT molecular complexity index is 965. The maximum atomic E-state index is 11.7. The second-order valence-corrected chi connectivity index (χ2v) is 9.76. The fraction of sp³-hybridized carbons (Fsp3) is 0.556. The average Bonchev–Trinajstić information content (AvgIpc) is 2.82. The zero-order chi connectivity index (χ0) is 21.3. The van der Waals surface area contributed by atoms with Gasteiger partial charge in [0.15, 0.2) is 0 Å². The Morgan fingerprint density at radius 2 is 1.79 bits per heavy atom. The normalized spacial score (nSPS) is 27.2. The molecule has 0 aromatic carbocycles. The van der Waals surface area contributed by atoms with E-state index in [0.717, 1.165) is 16.8 Å². The lowest BCUT2D eigenvalue weighted by molar-refractivity contribution is -0.0450. The maximum Gasteiger partial charge on any atom is 0.490 e. The lowest BCUT2D eigenvalue weighted by Crippen LogP contribution is -2.31. The van der Waals surface area contributed by atoms with Gasteiger partial charge in [0, 0.05) is 18.7 Å². The number of aromatic amines is 1. The van der Waals surface area contributed by atoms with Crippen LogP contribution in [-0.2, 0) is 31.6 Å². The summed E-state index contributed by atoms with van der Waals surface area (Å²) in [6.45, 7) is -0.876. The predicted molar refractivity (Wildman–Crippen MR) is 85.7 cm³/mol. The standard InChI is InChI=1S/C9H15N2O14P3/c12-5-3-8(11-2-1-7(13)10-9(11)14)23-6(5)4-22-27(18,19)25-28(20,21)24-26(15,16)17/h1-2,5-6,8,12H,3-4H2,(H,18,19)(H,20,21)(H,10,13,14)(H2,15,16,17)/t5-,6-,8-/m0/s1. The number of aromatic nitrogens is 2. The molecular formula is C9H15N2O14P3. The number of phosphoric ester groups is 1. The Hall–Kier alpha value is -0.990. The van der Waals surface area contributed by atoms with E-state index in [9.17, 15) is 33.3 Å². The van der Waals surface area contributed by atoms with Gasteiger partial charge in [0.1, 0.15) is 12.3 Å². The Labute approximate surface area is 154 Å². The lowest BCUT2D eigenvalue weighted by Gasteiger charge is -2.19. The molecule has 6 N–H and O–H groups in total. The van der Waals surface area contributed by atoms with Gasteiger partial charge in [0.25, 0.3) is 5.56 Å². The quantitative estimate of drug-likeness (QED) is 0.239. The molecule has 0 amide bonds. The molecule has 0 bridgehead atoms. The monoisotopic (exact) mass is 468 g/mol. The largest absolute Gasteiger partial charge is 0.490 e. The Kier molecular flexibility index (Phi) is 6.99. The zero-order valence-corrected chi connectivity index (χ0v) is 16.2. The van der Waals surface area contributed by atoms with Crippen LogP contribution >= 0.6 is 23.5 Å². The number of aliphatic hydroxyl groups is 1. The minimum atomic E-state index is -5.67. The highest BCUT2D eigenvalue weighted by molar-refractivity contribution is 7.66. The van der Waals surface area contributed by atoms with Gasteiger partial charge >= 0.3 is 29.2 Å². The van der Waals surface area contributed by atoms with Gasteiger partial charge in [0.2, 0.25) is 0 Å². The van der Waals surface area contributed by atoms with Crippen molar-refractivity contribution in [2.45, 2.75) is 24.9 Å². The van der Waals surface area contributed by atoms with E-state index in [1.807, 2.05) is 4.98 Å². The molecule has 0 spiro atoms. The summed E-state index contributed by atoms with van der Waals surface area (Å²) in [5.41, 5.74) is -1.50. The van der Waals surface area contributed by atoms with E-state index in [4.69, 9.17) is 19.4 Å². The molecule has 1 aromatic heterocycles. The van der Waals surface area contributed by atoms with Crippen LogP contribution in [0, 0.1) is 0 Å². The molecule has 0 aliphatic carbocycles. The van der Waals surface area contributed by atoms with Gasteiger partial charge in [0.05, 0.1) is 12.7 Å². The molecule has 28 heavy (non-hydrogen) atoms. The summed E-state index contributed by atoms with van der Waals surface area (Å²) in [6, 6.07) is 1.02. The van der Waals surface area contributed by atoms with Crippen LogP contribution in [0.15, 0.2) is 21.9 Å². The highest BCUT2D eigenvalue weighted by Gasteiger charge is 2.42. The predicted octanol–water partition coefficient (Wildman–Crippen LogP) is -1.47. The van der Waals surface area contributed by atoms with Gasteiger partial charge in [-0.2, -0.15) is 8.62 Å². The first-order valence-electron chi connectivity index (χ1n) is 7.11. The summed E-state index contributed by atoms with van der Waals surface area (Å²) < 4.78 is 51.0. The van der Waals surface area contributed by atoms with Crippen molar-refractivity contribution in [3.63, 3.8) is 0 Å². The summed E-state index contributed by atoms with van der Waals surface area (Å²) >= 11 is 0. The lowest BCUT2D eigenvalue weighted by atomic mass is 10.2. The van der Waals surface area contributed by atoms with Crippen LogP contribution in [0.1, 0.15) is 12.6 Å². The van der Waals surface area contributed by atoms with Crippen LogP contribution in [0.5, 0.6) is 0 Å². The minimum absolute atomic E-state index is 0.170. The fourth-order valence-corrected chi connectivity index (χ4v) is 5.19. The van der Waals surface area contributed by atoms with Crippen molar-refractivity contribution in [2.24, 2.45) is 0 Å². The van der Waals surface area contributed by atoms with Crippen molar-refractivity contribution in [3.05, 3.63) is 33.1 Å². The molecule has 1 aromatic rings. The molecule has 1 fully saturated rings. The van der Waals surface area contributed by atoms with Crippen LogP contribution in [0.25, 0.3) is 0 Å². The minimum Gasteiger partial charge on any atom is -0.390 e. The number of nitrogens with one attached hydrogen (secondary N) is 1. The molecule has 16 nitrogen and oxygen atoms in total. The van der Waals surface area contributed by atoms with Crippen molar-refractivity contribution in [3.8, 4) is 0 Å². The van der Waals surface area contributed by atoms with Crippen LogP contribution in [0.3, 0.4) is 0 Å². The van der Waals surface area contributed by atoms with Crippen molar-refractivity contribution in [2.75, 3.05) is 6.61 Å². The van der Waals surface area contributed by atoms with Gasteiger partial charge in [-0.25, -0.2) is 18.5 Å². The highest BCUT2D eigenvalue weighted by Crippen LogP contribution is 2.66. The van der Waals surface area contributed by atoms with Gasteiger partial charge < -0.3 is 29.4 Å². The number of phosphoric acid groups is 3. The summed E-state index contributed by atoms with van der Waals surface area (Å²) in [7, 11) is -16.6. The van der Waals surface area contributed by atoms with Crippen LogP contribution < -0.4 is 11.2 Å². The van der Waals surface area contributed by atoms with Crippen molar-refractivity contribution in [1.82, 2.24) is 9.55 Å². The summed E-state index contributed by atoms with van der Waals surface area (Å²) in [5, 5.41) is 9.91. The Morgan fingerprint density at radius 3 is 2.36 bits per heavy atom. The number of aliphatic hydroxyl groups excluding tert-OH is 1. The molecular weight excluding hydrogens is 453 g/mol. The molecule has 1 saturated heterocycles. The molecule has 0 saturated carbocycles. The zero-order valence-electron chi connectivity index (χ0n) is 13.5. The first kappa shape index (κ1) is 23.3. The number of hydrogen-bond donors (Lipinski definition) is 6. The van der Waals surface area contributed by atoms with E-state index in [-0.39, 0.29) is 6.42 Å². The van der Waals surface area contributed by atoms with Crippen LogP contribution in [-0.4, -0.2) is 53.0 Å². The number of rotatable bonds is 8. The van der Waals surface area contributed by atoms with E-state index in [1.54, 1.807) is 0 Å². The van der Waals surface area contributed by atoms with E-state index in [1.165, 1.54) is 0 Å². The van der Waals surface area contributed by atoms with Crippen molar-refractivity contribution in [1.29, 1.82) is 0 Å². The Morgan fingerprint density at radius 1 is 1.14 bits per heavy atom. The molecule has 2 rings (SSSR count). The molecule has 160 valence electrons. The molecule has 1 aliphatic heterocycles. The van der Waals surface area contributed by atoms with E-state index < -0.39 is 59.8 Å². The summed E-state index contributed by atoms with van der Waals surface area (Å²) in [5.74, 6) is 0. The molecule has 2 unspecified atom stereocenters. The van der Waals surface area contributed by atoms with E-state index >= 15 is 0 Å². The fourth-order valence-electron chi connectivity index (χ4n) is 2.16. The SMILES string of the molecule is O=c1ccn([C@@H]2C[C@H](O)[C@H](COP(=O)(O)OP(=O)(O)OP(=O)(O)O)O2)c(=O)[nH]1. The van der Waals surface area contributed by atoms with Gasteiger partial charge in [-0.3, -0.25) is 18.9 Å². The third kappa shape index (κ3) is 6.81. The topological polar surface area (TPSA) is 244 Å². The smallest absolute Gasteiger partial charge is 0.390 e. The molecule has 19 heteroatoms. The first-order chi connectivity index (χ1) is 12.7. The second kappa shape index (κ2) is 8.40. The van der Waals surface area contributed by atoms with Crippen LogP contribution in [0.2, 0.25) is 0 Å². The first-order valence-corrected chi connectivity index (χ1v) is 11.6. The number of hydrogen-bond acceptors (Lipinski definition) is 10. The van der Waals surface area contributed by atoms with Crippen molar-refractivity contribution >= 4 is 23.5 Å². The third-order valence-corrected chi connectivity index (χ3v) is 6.99. The van der Waals surface area contributed by atoms with Crippen molar-refractivity contribution < 1.29 is 56.3 Å². The van der Waals surface area contributed by atoms with Gasteiger partial charge in [-0.1, -0.05) is 0 Å². The van der Waals surface area contributed by atoms with Gasteiger partial charge in [-0.05, 0) is 0 Å². The van der Waals surface area contributed by atoms with Gasteiger partial charge in [-0.15, -0.1) is 0 Å².